The summed E-state index contributed by atoms with van der Waals surface area (Å²) in [5.41, 5.74) is 0. The maximum Gasteiger partial charge on any atom is 0.320 e. The SMILES string of the molecule is CCCCCCCCCCCCCC(=O)OCCOCCOC(=O)CCl. The largest absolute Gasteiger partial charge is 0.463 e. The van der Waals surface area contributed by atoms with Crippen LogP contribution in [0, 0.1) is 0 Å². The number of alkyl halides is 1. The lowest BCUT2D eigenvalue weighted by molar-refractivity contribution is -0.145. The van der Waals surface area contributed by atoms with Crippen molar-refractivity contribution in [1.82, 2.24) is 0 Å². The summed E-state index contributed by atoms with van der Waals surface area (Å²) in [4.78, 5) is 22.3. The molecule has 0 heterocycles. The molecule has 0 amide bonds. The van der Waals surface area contributed by atoms with E-state index < -0.39 is 5.97 Å². The molecule has 26 heavy (non-hydrogen) atoms. The van der Waals surface area contributed by atoms with Crippen LogP contribution in [0.2, 0.25) is 0 Å². The van der Waals surface area contributed by atoms with Gasteiger partial charge in [-0.25, -0.2) is 0 Å². The molecule has 0 saturated carbocycles. The number of esters is 2. The molecule has 0 saturated heterocycles. The van der Waals surface area contributed by atoms with Crippen molar-refractivity contribution in [2.75, 3.05) is 32.3 Å². The average Bonchev–Trinajstić information content (AvgIpc) is 2.65. The van der Waals surface area contributed by atoms with E-state index in [2.05, 4.69) is 6.92 Å². The lowest BCUT2D eigenvalue weighted by Crippen LogP contribution is -2.14. The highest BCUT2D eigenvalue weighted by Gasteiger charge is 2.03. The van der Waals surface area contributed by atoms with Crippen molar-refractivity contribution in [3.8, 4) is 0 Å². The van der Waals surface area contributed by atoms with Gasteiger partial charge in [0.15, 0.2) is 0 Å². The Labute approximate surface area is 164 Å². The van der Waals surface area contributed by atoms with Crippen LogP contribution in [0.15, 0.2) is 0 Å². The Kier molecular flexibility index (Phi) is 19.9. The summed E-state index contributed by atoms with van der Waals surface area (Å²) in [5.74, 6) is -0.789. The smallest absolute Gasteiger partial charge is 0.320 e. The summed E-state index contributed by atoms with van der Waals surface area (Å²) in [6, 6.07) is 0. The zero-order valence-corrected chi connectivity index (χ0v) is 17.2. The number of carbonyl (C=O) groups is 2. The van der Waals surface area contributed by atoms with E-state index in [1.165, 1.54) is 57.8 Å². The molecule has 6 heteroatoms. The van der Waals surface area contributed by atoms with Crippen LogP contribution in [0.25, 0.3) is 0 Å². The predicted octanol–water partition coefficient (Wildman–Crippen LogP) is 5.03. The minimum absolute atomic E-state index is 0.156. The number of ether oxygens (including phenoxy) is 3. The third kappa shape index (κ3) is 19.5. The number of rotatable bonds is 19. The number of halogens is 1. The predicted molar refractivity (Wildman–Crippen MR) is 105 cm³/mol. The highest BCUT2D eigenvalue weighted by molar-refractivity contribution is 6.26. The number of unbranched alkanes of at least 4 members (excludes halogenated alkanes) is 10. The molecule has 0 unspecified atom stereocenters. The summed E-state index contributed by atoms with van der Waals surface area (Å²) < 4.78 is 15.0. The molecule has 0 atom stereocenters. The highest BCUT2D eigenvalue weighted by atomic mass is 35.5. The lowest BCUT2D eigenvalue weighted by atomic mass is 10.1. The van der Waals surface area contributed by atoms with Crippen molar-refractivity contribution < 1.29 is 23.8 Å². The second-order valence-electron chi connectivity index (χ2n) is 6.47. The van der Waals surface area contributed by atoms with Gasteiger partial charge in [0.25, 0.3) is 0 Å². The van der Waals surface area contributed by atoms with Crippen molar-refractivity contribution in [3.63, 3.8) is 0 Å². The molecule has 0 aliphatic heterocycles. The Morgan fingerprint density at radius 2 is 1.12 bits per heavy atom. The molecule has 0 rings (SSSR count). The van der Waals surface area contributed by atoms with Gasteiger partial charge >= 0.3 is 11.9 Å². The summed E-state index contributed by atoms with van der Waals surface area (Å²) in [5, 5.41) is 0. The van der Waals surface area contributed by atoms with E-state index in [9.17, 15) is 9.59 Å². The van der Waals surface area contributed by atoms with Crippen molar-refractivity contribution >= 4 is 23.5 Å². The van der Waals surface area contributed by atoms with E-state index in [1.54, 1.807) is 0 Å². The van der Waals surface area contributed by atoms with Crippen LogP contribution in [0.4, 0.5) is 0 Å². The Hall–Kier alpha value is -0.810. The van der Waals surface area contributed by atoms with E-state index in [0.717, 1.165) is 12.8 Å². The van der Waals surface area contributed by atoms with Crippen molar-refractivity contribution in [3.05, 3.63) is 0 Å². The van der Waals surface area contributed by atoms with E-state index in [0.29, 0.717) is 13.0 Å². The molecule has 0 spiro atoms. The molecule has 0 aromatic rings. The summed E-state index contributed by atoms with van der Waals surface area (Å²) >= 11 is 5.28. The fourth-order valence-corrected chi connectivity index (χ4v) is 2.65. The molecule has 0 N–H and O–H groups in total. The number of hydrogen-bond acceptors (Lipinski definition) is 5. The minimum atomic E-state index is -0.464. The average molecular weight is 393 g/mol. The van der Waals surface area contributed by atoms with Gasteiger partial charge in [0.1, 0.15) is 19.1 Å². The second-order valence-corrected chi connectivity index (χ2v) is 6.74. The molecule has 0 bridgehead atoms. The molecule has 0 aromatic heterocycles. The van der Waals surface area contributed by atoms with Crippen molar-refractivity contribution in [1.29, 1.82) is 0 Å². The topological polar surface area (TPSA) is 61.8 Å². The Morgan fingerprint density at radius 3 is 1.62 bits per heavy atom. The van der Waals surface area contributed by atoms with Crippen molar-refractivity contribution in [2.45, 2.75) is 84.0 Å². The summed E-state index contributed by atoms with van der Waals surface area (Å²) in [6.45, 7) is 3.23. The van der Waals surface area contributed by atoms with E-state index in [4.69, 9.17) is 25.8 Å². The van der Waals surface area contributed by atoms with Crippen LogP contribution in [-0.4, -0.2) is 44.2 Å². The quantitative estimate of drug-likeness (QED) is 0.175. The molecular formula is C20H37ClO5. The van der Waals surface area contributed by atoms with Crippen LogP contribution >= 0.6 is 11.6 Å². The Bertz CT molecular complexity index is 336. The molecule has 5 nitrogen and oxygen atoms in total. The zero-order valence-electron chi connectivity index (χ0n) is 16.4. The van der Waals surface area contributed by atoms with Crippen LogP contribution < -0.4 is 0 Å². The Morgan fingerprint density at radius 1 is 0.654 bits per heavy atom. The van der Waals surface area contributed by atoms with Crippen LogP contribution in [0.1, 0.15) is 84.0 Å². The zero-order chi connectivity index (χ0) is 19.3. The van der Waals surface area contributed by atoms with Crippen molar-refractivity contribution in [2.24, 2.45) is 0 Å². The van der Waals surface area contributed by atoms with Gasteiger partial charge in [-0.15, -0.1) is 11.6 Å². The van der Waals surface area contributed by atoms with Crippen LogP contribution in [0.3, 0.4) is 0 Å². The van der Waals surface area contributed by atoms with Gasteiger partial charge < -0.3 is 14.2 Å². The third-order valence-corrected chi connectivity index (χ3v) is 4.29. The monoisotopic (exact) mass is 392 g/mol. The van der Waals surface area contributed by atoms with Gasteiger partial charge in [-0.2, -0.15) is 0 Å². The van der Waals surface area contributed by atoms with Crippen LogP contribution in [0.5, 0.6) is 0 Å². The van der Waals surface area contributed by atoms with Gasteiger partial charge in [-0.1, -0.05) is 71.1 Å². The van der Waals surface area contributed by atoms with E-state index in [-0.39, 0.29) is 31.7 Å². The van der Waals surface area contributed by atoms with Gasteiger partial charge in [0.05, 0.1) is 13.2 Å². The standard InChI is InChI=1S/C20H37ClO5/c1-2-3-4-5-6-7-8-9-10-11-12-13-19(22)25-16-14-24-15-17-26-20(23)18-21/h2-18H2,1H3. The molecule has 0 fully saturated rings. The number of carbonyl (C=O) groups excluding carboxylic acids is 2. The highest BCUT2D eigenvalue weighted by Crippen LogP contribution is 2.12. The first-order chi connectivity index (χ1) is 12.7. The summed E-state index contributed by atoms with van der Waals surface area (Å²) in [6.07, 6.45) is 14.4. The first-order valence-corrected chi connectivity index (χ1v) is 10.7. The molecule has 0 aromatic carbocycles. The number of hydrogen-bond donors (Lipinski definition) is 0. The van der Waals surface area contributed by atoms with Gasteiger partial charge in [0.2, 0.25) is 0 Å². The maximum atomic E-state index is 11.6. The van der Waals surface area contributed by atoms with Gasteiger partial charge in [-0.3, -0.25) is 9.59 Å². The first kappa shape index (κ1) is 25.2. The summed E-state index contributed by atoms with van der Waals surface area (Å²) in [7, 11) is 0. The first-order valence-electron chi connectivity index (χ1n) is 10.2. The fourth-order valence-electron chi connectivity index (χ4n) is 2.58. The fraction of sp³-hybridized carbons (Fsp3) is 0.900. The van der Waals surface area contributed by atoms with E-state index in [1.807, 2.05) is 0 Å². The lowest BCUT2D eigenvalue weighted by Gasteiger charge is -2.07. The molecule has 0 aliphatic carbocycles. The third-order valence-electron chi connectivity index (χ3n) is 4.08. The van der Waals surface area contributed by atoms with Gasteiger partial charge in [-0.05, 0) is 6.42 Å². The Balaban J connectivity index is 3.19. The molecule has 0 aliphatic rings. The van der Waals surface area contributed by atoms with Gasteiger partial charge in [0, 0.05) is 6.42 Å². The molecule has 154 valence electrons. The minimum Gasteiger partial charge on any atom is -0.463 e. The normalized spacial score (nSPS) is 10.7. The second kappa shape index (κ2) is 20.5. The molecular weight excluding hydrogens is 356 g/mol. The molecule has 0 radical (unpaired) electrons. The van der Waals surface area contributed by atoms with Crippen LogP contribution in [-0.2, 0) is 23.8 Å². The van der Waals surface area contributed by atoms with E-state index >= 15 is 0 Å². The maximum absolute atomic E-state index is 11.6.